The average molecular weight is 445 g/mol. The Hall–Kier alpha value is -3.94. The first-order chi connectivity index (χ1) is 16.1. The molecule has 2 aromatic heterocycles. The molecular weight excluding hydrogens is 419 g/mol. The van der Waals surface area contributed by atoms with Gasteiger partial charge in [0.25, 0.3) is 0 Å². The van der Waals surface area contributed by atoms with Crippen molar-refractivity contribution in [2.75, 3.05) is 36.4 Å². The number of fused-ring (bicyclic) bond motifs is 1. The molecule has 0 bridgehead atoms. The molecule has 5 rings (SSSR count). The molecule has 33 heavy (non-hydrogen) atoms. The maximum absolute atomic E-state index is 13.7. The molecule has 0 atom stereocenters. The van der Waals surface area contributed by atoms with Crippen LogP contribution in [-0.4, -0.2) is 51.9 Å². The molecule has 1 aliphatic rings. The number of rotatable bonds is 5. The Labute approximate surface area is 191 Å². The SMILES string of the molecule is CCC(=O)N1CCN(c2ccc(Nc3nccc(-c4c[nH]c5ccc(F)cc45)n3)cc2)CC1. The van der Waals surface area contributed by atoms with Crippen molar-refractivity contribution in [3.63, 3.8) is 0 Å². The van der Waals surface area contributed by atoms with E-state index in [1.165, 1.54) is 12.1 Å². The highest BCUT2D eigenvalue weighted by molar-refractivity contribution is 5.94. The number of carbonyl (C=O) groups excluding carboxylic acids is 1. The summed E-state index contributed by atoms with van der Waals surface area (Å²) in [5.74, 6) is 0.404. The number of H-pyrrole nitrogens is 1. The lowest BCUT2D eigenvalue weighted by molar-refractivity contribution is -0.131. The number of benzene rings is 2. The van der Waals surface area contributed by atoms with Gasteiger partial charge in [0.05, 0.1) is 5.69 Å². The normalized spacial score (nSPS) is 14.0. The first-order valence-electron chi connectivity index (χ1n) is 11.1. The minimum atomic E-state index is -0.283. The molecule has 0 aliphatic carbocycles. The van der Waals surface area contributed by atoms with Crippen LogP contribution in [0.2, 0.25) is 0 Å². The molecule has 2 aromatic carbocycles. The van der Waals surface area contributed by atoms with Gasteiger partial charge in [-0.1, -0.05) is 6.92 Å². The highest BCUT2D eigenvalue weighted by Crippen LogP contribution is 2.29. The maximum atomic E-state index is 13.7. The summed E-state index contributed by atoms with van der Waals surface area (Å²) in [4.78, 5) is 28.2. The highest BCUT2D eigenvalue weighted by atomic mass is 19.1. The summed E-state index contributed by atoms with van der Waals surface area (Å²) in [7, 11) is 0. The summed E-state index contributed by atoms with van der Waals surface area (Å²) in [6, 6.07) is 14.6. The second-order valence-electron chi connectivity index (χ2n) is 8.05. The fraction of sp³-hybridized carbons (Fsp3) is 0.240. The average Bonchev–Trinajstić information content (AvgIpc) is 3.27. The lowest BCUT2D eigenvalue weighted by atomic mass is 10.1. The number of nitrogens with one attached hydrogen (secondary N) is 2. The first kappa shape index (κ1) is 20.9. The number of hydrogen-bond acceptors (Lipinski definition) is 5. The number of halogens is 1. The Morgan fingerprint density at radius 1 is 1.09 bits per heavy atom. The zero-order valence-electron chi connectivity index (χ0n) is 18.4. The quantitative estimate of drug-likeness (QED) is 0.472. The van der Waals surface area contributed by atoms with Gasteiger partial charge in [0.15, 0.2) is 0 Å². The van der Waals surface area contributed by atoms with Crippen molar-refractivity contribution in [3.8, 4) is 11.3 Å². The number of piperazine rings is 1. The van der Waals surface area contributed by atoms with Gasteiger partial charge in [-0.15, -0.1) is 0 Å². The number of nitrogens with zero attached hydrogens (tertiary/aromatic N) is 4. The fourth-order valence-electron chi connectivity index (χ4n) is 4.20. The van der Waals surface area contributed by atoms with Crippen LogP contribution in [0.5, 0.6) is 0 Å². The number of hydrogen-bond donors (Lipinski definition) is 2. The molecule has 4 aromatic rings. The summed E-state index contributed by atoms with van der Waals surface area (Å²) in [5, 5.41) is 4.03. The zero-order chi connectivity index (χ0) is 22.8. The first-order valence-corrected chi connectivity index (χ1v) is 11.1. The highest BCUT2D eigenvalue weighted by Gasteiger charge is 2.20. The van der Waals surface area contributed by atoms with Crippen LogP contribution in [0.15, 0.2) is 60.9 Å². The third kappa shape index (κ3) is 4.37. The van der Waals surface area contributed by atoms with Crippen LogP contribution in [0, 0.1) is 5.82 Å². The van der Waals surface area contributed by atoms with E-state index in [0.717, 1.165) is 54.0 Å². The Balaban J connectivity index is 1.28. The molecule has 168 valence electrons. The van der Waals surface area contributed by atoms with E-state index in [1.54, 1.807) is 12.3 Å². The Bertz CT molecular complexity index is 1280. The number of aromatic nitrogens is 3. The van der Waals surface area contributed by atoms with Gasteiger partial charge in [0, 0.05) is 72.8 Å². The van der Waals surface area contributed by atoms with Gasteiger partial charge in [-0.05, 0) is 48.5 Å². The van der Waals surface area contributed by atoms with Crippen LogP contribution in [0.4, 0.5) is 21.7 Å². The molecule has 0 radical (unpaired) electrons. The van der Waals surface area contributed by atoms with Gasteiger partial charge in [-0.2, -0.15) is 0 Å². The van der Waals surface area contributed by atoms with Gasteiger partial charge in [0.2, 0.25) is 11.9 Å². The molecule has 0 spiro atoms. The largest absolute Gasteiger partial charge is 0.368 e. The number of aromatic amines is 1. The minimum Gasteiger partial charge on any atom is -0.368 e. The summed E-state index contributed by atoms with van der Waals surface area (Å²) >= 11 is 0. The van der Waals surface area contributed by atoms with Gasteiger partial charge in [0.1, 0.15) is 5.82 Å². The third-order valence-electron chi connectivity index (χ3n) is 6.00. The monoisotopic (exact) mass is 444 g/mol. The Morgan fingerprint density at radius 3 is 2.64 bits per heavy atom. The summed E-state index contributed by atoms with van der Waals surface area (Å²) in [5.41, 5.74) is 4.39. The van der Waals surface area contributed by atoms with Gasteiger partial charge >= 0.3 is 0 Å². The van der Waals surface area contributed by atoms with Crippen molar-refractivity contribution in [3.05, 3.63) is 66.7 Å². The van der Waals surface area contributed by atoms with Crippen molar-refractivity contribution in [1.29, 1.82) is 0 Å². The van der Waals surface area contributed by atoms with Gasteiger partial charge in [-0.25, -0.2) is 14.4 Å². The predicted molar refractivity (Wildman–Crippen MR) is 128 cm³/mol. The molecule has 1 fully saturated rings. The van der Waals surface area contributed by atoms with Crippen molar-refractivity contribution in [2.45, 2.75) is 13.3 Å². The summed E-state index contributed by atoms with van der Waals surface area (Å²) < 4.78 is 13.7. The van der Waals surface area contributed by atoms with E-state index in [2.05, 4.69) is 37.3 Å². The maximum Gasteiger partial charge on any atom is 0.227 e. The predicted octanol–water partition coefficient (Wildman–Crippen LogP) is 4.57. The van der Waals surface area contributed by atoms with E-state index in [0.29, 0.717) is 18.1 Å². The summed E-state index contributed by atoms with van der Waals surface area (Å²) in [6.07, 6.45) is 4.08. The van der Waals surface area contributed by atoms with Crippen LogP contribution in [0.25, 0.3) is 22.2 Å². The van der Waals surface area contributed by atoms with E-state index < -0.39 is 0 Å². The van der Waals surface area contributed by atoms with E-state index >= 15 is 0 Å². The van der Waals surface area contributed by atoms with Crippen molar-refractivity contribution < 1.29 is 9.18 Å². The van der Waals surface area contributed by atoms with Crippen LogP contribution in [0.1, 0.15) is 13.3 Å². The molecule has 0 unspecified atom stereocenters. The van der Waals surface area contributed by atoms with Crippen molar-refractivity contribution in [2.24, 2.45) is 0 Å². The van der Waals surface area contributed by atoms with Crippen LogP contribution < -0.4 is 10.2 Å². The Morgan fingerprint density at radius 2 is 1.88 bits per heavy atom. The van der Waals surface area contributed by atoms with Crippen molar-refractivity contribution >= 4 is 34.1 Å². The van der Waals surface area contributed by atoms with Crippen LogP contribution in [-0.2, 0) is 4.79 Å². The second-order valence-corrected chi connectivity index (χ2v) is 8.05. The number of carbonyl (C=O) groups is 1. The molecule has 1 saturated heterocycles. The lowest BCUT2D eigenvalue weighted by Gasteiger charge is -2.36. The molecular formula is C25H25FN6O. The van der Waals surface area contributed by atoms with Gasteiger partial charge < -0.3 is 20.1 Å². The summed E-state index contributed by atoms with van der Waals surface area (Å²) in [6.45, 7) is 5.07. The minimum absolute atomic E-state index is 0.217. The van der Waals surface area contributed by atoms with E-state index in [9.17, 15) is 9.18 Å². The third-order valence-corrected chi connectivity index (χ3v) is 6.00. The van der Waals surface area contributed by atoms with E-state index in [4.69, 9.17) is 0 Å². The van der Waals surface area contributed by atoms with E-state index in [1.807, 2.05) is 36.2 Å². The molecule has 1 aliphatic heterocycles. The molecule has 2 N–H and O–H groups in total. The van der Waals surface area contributed by atoms with Crippen molar-refractivity contribution in [1.82, 2.24) is 19.9 Å². The fourth-order valence-corrected chi connectivity index (χ4v) is 4.20. The topological polar surface area (TPSA) is 77.2 Å². The lowest BCUT2D eigenvalue weighted by Crippen LogP contribution is -2.48. The molecule has 8 heteroatoms. The molecule has 1 amide bonds. The van der Waals surface area contributed by atoms with E-state index in [-0.39, 0.29) is 11.7 Å². The molecule has 7 nitrogen and oxygen atoms in total. The van der Waals surface area contributed by atoms with Crippen LogP contribution in [0.3, 0.4) is 0 Å². The second kappa shape index (κ2) is 8.90. The van der Waals surface area contributed by atoms with Crippen LogP contribution >= 0.6 is 0 Å². The number of anilines is 3. The smallest absolute Gasteiger partial charge is 0.227 e. The number of amides is 1. The zero-order valence-corrected chi connectivity index (χ0v) is 18.4. The van der Waals surface area contributed by atoms with Gasteiger partial charge in [-0.3, -0.25) is 4.79 Å². The Kier molecular flexibility index (Phi) is 5.64. The molecule has 0 saturated carbocycles. The molecule has 3 heterocycles. The standard InChI is InChI=1S/C25H25FN6O/c1-2-24(33)32-13-11-31(12-14-32)19-6-4-18(5-7-19)29-25-27-10-9-23(30-25)21-16-28-22-8-3-17(26)15-20(21)22/h3-10,15-16,28H,2,11-14H2,1H3,(H,27,29,30).